The van der Waals surface area contributed by atoms with Crippen molar-refractivity contribution in [3.8, 4) is 0 Å². The van der Waals surface area contributed by atoms with Crippen molar-refractivity contribution < 1.29 is 19.1 Å². The predicted octanol–water partition coefficient (Wildman–Crippen LogP) is -0.534. The van der Waals surface area contributed by atoms with Gasteiger partial charge >= 0.3 is 5.97 Å². The largest absolute Gasteiger partial charge is 0.466 e. The number of esters is 1. The zero-order chi connectivity index (χ0) is 15.8. The van der Waals surface area contributed by atoms with Gasteiger partial charge in [-0.3, -0.25) is 14.4 Å². The molecular weight excluding hydrogens is 274 g/mol. The molecule has 1 rings (SSSR count). The van der Waals surface area contributed by atoms with E-state index < -0.39 is 0 Å². The molecule has 1 saturated heterocycles. The Bertz CT molecular complexity index is 386. The van der Waals surface area contributed by atoms with E-state index in [4.69, 9.17) is 4.74 Å². The normalized spacial score (nSPS) is 18.2. The number of hydrogen-bond donors (Lipinski definition) is 1. The molecule has 0 aliphatic carbocycles. The monoisotopic (exact) mass is 299 g/mol. The van der Waals surface area contributed by atoms with Crippen LogP contribution in [0.1, 0.15) is 19.8 Å². The fraction of sp³-hybridized carbons (Fsp3) is 0.786. The molecule has 1 heterocycles. The second-order valence-corrected chi connectivity index (χ2v) is 5.21. The first kappa shape index (κ1) is 17.4. The third-order valence-corrected chi connectivity index (χ3v) is 3.52. The standard InChI is InChI=1S/C14H25N3O4/c1-4-21-14(20)11-6-5-7-17(9-11)13(19)10-16(3)12(18)8-15-2/h11,15H,4-10H2,1-3H3. The third-order valence-electron chi connectivity index (χ3n) is 3.52. The highest BCUT2D eigenvalue weighted by atomic mass is 16.5. The van der Waals surface area contributed by atoms with E-state index in [9.17, 15) is 14.4 Å². The maximum Gasteiger partial charge on any atom is 0.310 e. The Morgan fingerprint density at radius 3 is 2.71 bits per heavy atom. The lowest BCUT2D eigenvalue weighted by molar-refractivity contribution is -0.152. The smallest absolute Gasteiger partial charge is 0.310 e. The number of likely N-dealkylation sites (N-methyl/N-ethyl adjacent to an activating group) is 2. The van der Waals surface area contributed by atoms with Crippen LogP contribution in [0.3, 0.4) is 0 Å². The molecule has 21 heavy (non-hydrogen) atoms. The van der Waals surface area contributed by atoms with Crippen molar-refractivity contribution in [2.45, 2.75) is 19.8 Å². The molecule has 0 aromatic rings. The van der Waals surface area contributed by atoms with Crippen molar-refractivity contribution in [3.05, 3.63) is 0 Å². The quantitative estimate of drug-likeness (QED) is 0.667. The van der Waals surface area contributed by atoms with Gasteiger partial charge in [-0.1, -0.05) is 0 Å². The number of amides is 2. The number of rotatable bonds is 6. The van der Waals surface area contributed by atoms with Crippen molar-refractivity contribution in [2.24, 2.45) is 5.92 Å². The molecule has 1 atom stereocenters. The first-order valence-corrected chi connectivity index (χ1v) is 7.32. The summed E-state index contributed by atoms with van der Waals surface area (Å²) in [6.45, 7) is 3.37. The molecule has 7 nitrogen and oxygen atoms in total. The van der Waals surface area contributed by atoms with E-state index in [1.54, 1.807) is 25.9 Å². The summed E-state index contributed by atoms with van der Waals surface area (Å²) in [7, 11) is 3.28. The van der Waals surface area contributed by atoms with Crippen LogP contribution in [-0.2, 0) is 19.1 Å². The number of nitrogens with zero attached hydrogens (tertiary/aromatic N) is 2. The van der Waals surface area contributed by atoms with Gasteiger partial charge in [0.2, 0.25) is 11.8 Å². The summed E-state index contributed by atoms with van der Waals surface area (Å²) in [4.78, 5) is 38.6. The molecule has 2 amide bonds. The van der Waals surface area contributed by atoms with Crippen molar-refractivity contribution in [1.82, 2.24) is 15.1 Å². The van der Waals surface area contributed by atoms with Crippen LogP contribution in [0.2, 0.25) is 0 Å². The number of piperidine rings is 1. The number of likely N-dealkylation sites (tertiary alicyclic amines) is 1. The van der Waals surface area contributed by atoms with E-state index in [1.165, 1.54) is 4.90 Å². The van der Waals surface area contributed by atoms with Gasteiger partial charge < -0.3 is 19.9 Å². The van der Waals surface area contributed by atoms with E-state index in [0.29, 0.717) is 19.7 Å². The van der Waals surface area contributed by atoms with Gasteiger partial charge in [-0.15, -0.1) is 0 Å². The minimum absolute atomic E-state index is 0.0378. The van der Waals surface area contributed by atoms with Crippen LogP contribution in [0.25, 0.3) is 0 Å². The van der Waals surface area contributed by atoms with Gasteiger partial charge in [-0.2, -0.15) is 0 Å². The van der Waals surface area contributed by atoms with Gasteiger partial charge in [-0.25, -0.2) is 0 Å². The lowest BCUT2D eigenvalue weighted by Gasteiger charge is -2.32. The molecular formula is C14H25N3O4. The summed E-state index contributed by atoms with van der Waals surface area (Å²) < 4.78 is 5.01. The molecule has 1 N–H and O–H groups in total. The molecule has 120 valence electrons. The molecule has 7 heteroatoms. The van der Waals surface area contributed by atoms with E-state index in [2.05, 4.69) is 5.32 Å². The topological polar surface area (TPSA) is 79.0 Å². The molecule has 0 aromatic heterocycles. The lowest BCUT2D eigenvalue weighted by Crippen LogP contribution is -2.48. The molecule has 1 aliphatic heterocycles. The fourth-order valence-electron chi connectivity index (χ4n) is 2.33. The lowest BCUT2D eigenvalue weighted by atomic mass is 9.98. The minimum atomic E-state index is -0.249. The Balaban J connectivity index is 2.50. The van der Waals surface area contributed by atoms with Crippen molar-refractivity contribution in [1.29, 1.82) is 0 Å². The predicted molar refractivity (Wildman–Crippen MR) is 77.5 cm³/mol. The number of ether oxygens (including phenoxy) is 1. The van der Waals surface area contributed by atoms with E-state index in [-0.39, 0.29) is 36.8 Å². The van der Waals surface area contributed by atoms with Crippen LogP contribution >= 0.6 is 0 Å². The Hall–Kier alpha value is -1.63. The Kier molecular flexibility index (Phi) is 7.14. The Morgan fingerprint density at radius 2 is 2.10 bits per heavy atom. The maximum absolute atomic E-state index is 12.2. The van der Waals surface area contributed by atoms with Crippen molar-refractivity contribution >= 4 is 17.8 Å². The van der Waals surface area contributed by atoms with Gasteiger partial charge in [0.15, 0.2) is 0 Å². The maximum atomic E-state index is 12.2. The van der Waals surface area contributed by atoms with Gasteiger partial charge in [0.25, 0.3) is 0 Å². The second kappa shape index (κ2) is 8.61. The van der Waals surface area contributed by atoms with E-state index in [0.717, 1.165) is 12.8 Å². The molecule has 0 radical (unpaired) electrons. The van der Waals surface area contributed by atoms with Crippen molar-refractivity contribution in [2.75, 3.05) is 46.9 Å². The molecule has 1 aliphatic rings. The number of nitrogens with one attached hydrogen (secondary N) is 1. The van der Waals surface area contributed by atoms with Gasteiger partial charge in [0, 0.05) is 20.1 Å². The summed E-state index contributed by atoms with van der Waals surface area (Å²) >= 11 is 0. The number of hydrogen-bond acceptors (Lipinski definition) is 5. The van der Waals surface area contributed by atoms with Crippen LogP contribution < -0.4 is 5.32 Å². The summed E-state index contributed by atoms with van der Waals surface area (Å²) in [5, 5.41) is 2.76. The molecule has 1 fully saturated rings. The zero-order valence-electron chi connectivity index (χ0n) is 13.1. The van der Waals surface area contributed by atoms with Crippen LogP contribution in [0.5, 0.6) is 0 Å². The second-order valence-electron chi connectivity index (χ2n) is 5.21. The summed E-state index contributed by atoms with van der Waals surface area (Å²) in [5.74, 6) is -0.753. The molecule has 0 bridgehead atoms. The van der Waals surface area contributed by atoms with Crippen LogP contribution in [-0.4, -0.2) is 74.5 Å². The fourth-order valence-corrected chi connectivity index (χ4v) is 2.33. The highest BCUT2D eigenvalue weighted by Crippen LogP contribution is 2.18. The summed E-state index contributed by atoms with van der Waals surface area (Å²) in [6.07, 6.45) is 1.53. The number of carbonyl (C=O) groups is 3. The van der Waals surface area contributed by atoms with Crippen LogP contribution in [0.15, 0.2) is 0 Å². The Morgan fingerprint density at radius 1 is 1.38 bits per heavy atom. The minimum Gasteiger partial charge on any atom is -0.466 e. The first-order chi connectivity index (χ1) is 9.99. The number of carbonyl (C=O) groups excluding carboxylic acids is 3. The highest BCUT2D eigenvalue weighted by Gasteiger charge is 2.29. The zero-order valence-corrected chi connectivity index (χ0v) is 13.1. The van der Waals surface area contributed by atoms with Crippen molar-refractivity contribution in [3.63, 3.8) is 0 Å². The summed E-state index contributed by atoms with van der Waals surface area (Å²) in [6, 6.07) is 0. The molecule has 1 unspecified atom stereocenters. The first-order valence-electron chi connectivity index (χ1n) is 7.32. The third kappa shape index (κ3) is 5.34. The SMILES string of the molecule is CCOC(=O)C1CCCN(C(=O)CN(C)C(=O)CNC)C1. The van der Waals surface area contributed by atoms with Gasteiger partial charge in [0.1, 0.15) is 0 Å². The van der Waals surface area contributed by atoms with Gasteiger partial charge in [0.05, 0.1) is 25.6 Å². The van der Waals surface area contributed by atoms with Crippen LogP contribution in [0, 0.1) is 5.92 Å². The Labute approximate surface area is 125 Å². The van der Waals surface area contributed by atoms with Gasteiger partial charge in [-0.05, 0) is 26.8 Å². The molecule has 0 spiro atoms. The summed E-state index contributed by atoms with van der Waals surface area (Å²) in [5.41, 5.74) is 0. The molecule has 0 saturated carbocycles. The average Bonchev–Trinajstić information content (AvgIpc) is 2.47. The molecule has 0 aromatic carbocycles. The van der Waals surface area contributed by atoms with Crippen LogP contribution in [0.4, 0.5) is 0 Å². The van der Waals surface area contributed by atoms with E-state index in [1.807, 2.05) is 0 Å². The average molecular weight is 299 g/mol. The van der Waals surface area contributed by atoms with E-state index >= 15 is 0 Å². The highest BCUT2D eigenvalue weighted by molar-refractivity contribution is 5.86.